The van der Waals surface area contributed by atoms with Gasteiger partial charge in [0, 0.05) is 21.9 Å². The lowest BCUT2D eigenvalue weighted by molar-refractivity contribution is 0.664. The minimum absolute atomic E-state index is 0.137. The number of para-hydroxylation sites is 1. The first-order valence-corrected chi connectivity index (χ1v) is 16.6. The molecule has 2 aliphatic carbocycles. The predicted octanol–water partition coefficient (Wildman–Crippen LogP) is 11.5. The lowest BCUT2D eigenvalue weighted by atomic mass is 9.67. The van der Waals surface area contributed by atoms with Crippen molar-refractivity contribution >= 4 is 21.8 Å². The van der Waals surface area contributed by atoms with Gasteiger partial charge >= 0.3 is 0 Å². The summed E-state index contributed by atoms with van der Waals surface area (Å²) >= 11 is 0. The summed E-state index contributed by atoms with van der Waals surface area (Å²) in [7, 11) is 0. The van der Waals surface area contributed by atoms with Crippen LogP contribution in [0.3, 0.4) is 0 Å². The van der Waals surface area contributed by atoms with Gasteiger partial charge in [-0.2, -0.15) is 0 Å². The highest BCUT2D eigenvalue weighted by Crippen LogP contribution is 2.57. The molecule has 0 N–H and O–H groups in total. The average molecular weight is 600 g/mol. The first-order chi connectivity index (χ1) is 23.1. The van der Waals surface area contributed by atoms with Crippen molar-refractivity contribution in [3.63, 3.8) is 0 Å². The molecule has 0 aliphatic heterocycles. The smallest absolute Gasteiger partial charge is 0.0714 e. The predicted molar refractivity (Wildman–Crippen MR) is 196 cm³/mol. The molecule has 1 nitrogen and oxygen atoms in total. The molecule has 0 fully saturated rings. The molecule has 47 heavy (non-hydrogen) atoms. The van der Waals surface area contributed by atoms with Crippen LogP contribution in [0, 0.1) is 0 Å². The molecule has 0 saturated heterocycles. The van der Waals surface area contributed by atoms with E-state index in [0.717, 1.165) is 0 Å². The van der Waals surface area contributed by atoms with E-state index in [4.69, 9.17) is 0 Å². The lowest BCUT2D eigenvalue weighted by Gasteiger charge is -2.34. The third kappa shape index (κ3) is 3.34. The molecule has 0 amide bonds. The summed E-state index contributed by atoms with van der Waals surface area (Å²) in [6, 6.07) is 61.0. The van der Waals surface area contributed by atoms with Crippen molar-refractivity contribution in [3.05, 3.63) is 197 Å². The molecule has 0 unspecified atom stereocenters. The van der Waals surface area contributed by atoms with Gasteiger partial charge in [0.05, 0.1) is 16.4 Å². The fourth-order valence-corrected chi connectivity index (χ4v) is 9.15. The Hall–Kier alpha value is -5.66. The van der Waals surface area contributed by atoms with Crippen LogP contribution in [-0.4, -0.2) is 4.57 Å². The van der Waals surface area contributed by atoms with Crippen LogP contribution in [-0.2, 0) is 10.8 Å². The van der Waals surface area contributed by atoms with Gasteiger partial charge in [-0.05, 0) is 73.8 Å². The minimum Gasteiger partial charge on any atom is -0.309 e. The third-order valence-electron chi connectivity index (χ3n) is 11.1. The number of hydrogen-bond acceptors (Lipinski definition) is 0. The van der Waals surface area contributed by atoms with Crippen LogP contribution < -0.4 is 0 Å². The van der Waals surface area contributed by atoms with Gasteiger partial charge in [-0.1, -0.05) is 159 Å². The van der Waals surface area contributed by atoms with Crippen LogP contribution in [0.5, 0.6) is 0 Å². The van der Waals surface area contributed by atoms with Crippen LogP contribution in [0.2, 0.25) is 0 Å². The van der Waals surface area contributed by atoms with Crippen molar-refractivity contribution in [2.75, 3.05) is 0 Å². The molecule has 0 radical (unpaired) electrons. The molecule has 0 saturated carbocycles. The molecular formula is C46H33N. The van der Waals surface area contributed by atoms with Gasteiger partial charge in [-0.15, -0.1) is 0 Å². The Balaban J connectivity index is 1.34. The maximum absolute atomic E-state index is 2.56. The highest BCUT2D eigenvalue weighted by atomic mass is 15.0. The van der Waals surface area contributed by atoms with Crippen LogP contribution in [0.25, 0.3) is 49.7 Å². The average Bonchev–Trinajstić information content (AvgIpc) is 3.70. The van der Waals surface area contributed by atoms with E-state index in [-0.39, 0.29) is 5.41 Å². The molecule has 1 aromatic heterocycles. The van der Waals surface area contributed by atoms with Gasteiger partial charge < -0.3 is 4.57 Å². The van der Waals surface area contributed by atoms with E-state index in [2.05, 4.69) is 182 Å². The van der Waals surface area contributed by atoms with Crippen molar-refractivity contribution in [2.24, 2.45) is 0 Å². The maximum Gasteiger partial charge on any atom is 0.0714 e. The van der Waals surface area contributed by atoms with Gasteiger partial charge in [-0.25, -0.2) is 0 Å². The van der Waals surface area contributed by atoms with Gasteiger partial charge in [0.1, 0.15) is 0 Å². The van der Waals surface area contributed by atoms with E-state index < -0.39 is 5.41 Å². The number of hydrogen-bond donors (Lipinski definition) is 0. The monoisotopic (exact) mass is 599 g/mol. The minimum atomic E-state index is -0.444. The fraction of sp³-hybridized carbons (Fsp3) is 0.0870. The van der Waals surface area contributed by atoms with E-state index >= 15 is 0 Å². The van der Waals surface area contributed by atoms with E-state index in [1.54, 1.807) is 0 Å². The topological polar surface area (TPSA) is 4.93 Å². The molecule has 1 heteroatoms. The van der Waals surface area contributed by atoms with Gasteiger partial charge in [0.25, 0.3) is 0 Å². The molecular weight excluding hydrogens is 567 g/mol. The summed E-state index contributed by atoms with van der Waals surface area (Å²) in [6.45, 7) is 4.79. The Morgan fingerprint density at radius 3 is 1.70 bits per heavy atom. The van der Waals surface area contributed by atoms with Crippen molar-refractivity contribution in [2.45, 2.75) is 24.7 Å². The normalized spacial score (nSPS) is 14.9. The first kappa shape index (κ1) is 26.5. The largest absolute Gasteiger partial charge is 0.309 e. The number of benzene rings is 7. The second-order valence-corrected chi connectivity index (χ2v) is 13.7. The lowest BCUT2D eigenvalue weighted by Crippen LogP contribution is -2.28. The zero-order chi connectivity index (χ0) is 31.3. The first-order valence-electron chi connectivity index (χ1n) is 16.6. The summed E-state index contributed by atoms with van der Waals surface area (Å²) in [6.07, 6.45) is 0. The van der Waals surface area contributed by atoms with E-state index in [1.807, 2.05) is 0 Å². The summed E-state index contributed by atoms with van der Waals surface area (Å²) in [4.78, 5) is 0. The quantitative estimate of drug-likeness (QED) is 0.190. The van der Waals surface area contributed by atoms with Crippen molar-refractivity contribution < 1.29 is 0 Å². The summed E-state index contributed by atoms with van der Waals surface area (Å²) < 4.78 is 2.56. The molecule has 10 rings (SSSR count). The Morgan fingerprint density at radius 1 is 0.426 bits per heavy atom. The van der Waals surface area contributed by atoms with Gasteiger partial charge in [-0.3, -0.25) is 0 Å². The molecule has 0 spiro atoms. The number of nitrogens with zero attached hydrogens (tertiary/aromatic N) is 1. The van der Waals surface area contributed by atoms with Gasteiger partial charge in [0.2, 0.25) is 0 Å². The molecule has 2 aliphatic rings. The van der Waals surface area contributed by atoms with Crippen LogP contribution in [0.4, 0.5) is 0 Å². The Labute approximate surface area is 275 Å². The van der Waals surface area contributed by atoms with Crippen molar-refractivity contribution in [3.8, 4) is 27.9 Å². The van der Waals surface area contributed by atoms with Gasteiger partial charge in [0.15, 0.2) is 0 Å². The summed E-state index contributed by atoms with van der Waals surface area (Å²) in [5.74, 6) is 0. The van der Waals surface area contributed by atoms with E-state index in [9.17, 15) is 0 Å². The van der Waals surface area contributed by atoms with E-state index in [0.29, 0.717) is 0 Å². The second-order valence-electron chi connectivity index (χ2n) is 13.7. The Kier molecular flexibility index (Phi) is 5.33. The summed E-state index contributed by atoms with van der Waals surface area (Å²) in [5.41, 5.74) is 16.5. The van der Waals surface area contributed by atoms with E-state index in [1.165, 1.54) is 83.1 Å². The second kappa shape index (κ2) is 9.44. The number of aromatic nitrogens is 1. The number of rotatable bonds is 3. The SMILES string of the molecule is CC1(C)c2ccccc2-c2ccc3c4ccccc4n(-c4ccc5c(c4)C(c4ccccc4)(c4ccccc4)c4ccccc4-5)c3c21. The zero-order valence-corrected chi connectivity index (χ0v) is 26.5. The highest BCUT2D eigenvalue weighted by Gasteiger charge is 2.46. The van der Waals surface area contributed by atoms with Crippen molar-refractivity contribution in [1.82, 2.24) is 4.57 Å². The molecule has 8 aromatic rings. The fourth-order valence-electron chi connectivity index (χ4n) is 9.15. The number of fused-ring (bicyclic) bond motifs is 10. The molecule has 7 aromatic carbocycles. The standard InChI is InChI=1S/C46H33N/c1-45(2)39-22-12-9-20-34(39)37-27-28-38-36-21-11-14-24-42(36)47(44(38)43(37)45)32-25-26-35-33-19-10-13-23-40(33)46(41(35)29-32,30-15-5-3-6-16-30)31-17-7-4-8-18-31/h3-29H,1-2H3. The van der Waals surface area contributed by atoms with Crippen LogP contribution in [0.15, 0.2) is 164 Å². The van der Waals surface area contributed by atoms with Crippen molar-refractivity contribution in [1.29, 1.82) is 0 Å². The maximum atomic E-state index is 2.56. The Bertz CT molecular complexity index is 2490. The zero-order valence-electron chi connectivity index (χ0n) is 26.5. The highest BCUT2D eigenvalue weighted by molar-refractivity contribution is 6.13. The Morgan fingerprint density at radius 2 is 0.979 bits per heavy atom. The molecule has 0 bridgehead atoms. The third-order valence-corrected chi connectivity index (χ3v) is 11.1. The summed E-state index contributed by atoms with van der Waals surface area (Å²) in [5, 5.41) is 2.60. The van der Waals surface area contributed by atoms with Crippen LogP contribution >= 0.6 is 0 Å². The molecule has 0 atom stereocenters. The van der Waals surface area contributed by atoms with Crippen LogP contribution in [0.1, 0.15) is 47.2 Å². The molecule has 1 heterocycles. The molecule has 222 valence electrons.